The fraction of sp³-hybridized carbons (Fsp3) is 0.182. The lowest BCUT2D eigenvalue weighted by molar-refractivity contribution is 0.857. The van der Waals surface area contributed by atoms with Gasteiger partial charge in [0.15, 0.2) is 11.6 Å². The first-order valence-electron chi connectivity index (χ1n) is 5.06. The number of nitrogens with zero attached hydrogens (tertiary/aromatic N) is 4. The smallest absolute Gasteiger partial charge is 0.168 e. The lowest BCUT2D eigenvalue weighted by Gasteiger charge is -2.02. The zero-order valence-corrected chi connectivity index (χ0v) is 9.60. The van der Waals surface area contributed by atoms with Crippen LogP contribution in [0.25, 0.3) is 5.82 Å². The number of nitrogen functional groups attached to an aromatic ring is 1. The van der Waals surface area contributed by atoms with Gasteiger partial charge in [0, 0.05) is 13.2 Å². The Labute approximate surface area is 98.7 Å². The van der Waals surface area contributed by atoms with Crippen LogP contribution in [-0.2, 0) is 0 Å². The SMILES string of the molecule is CNc1nn(-c2cc(C)ccn2)c(N)c1C#N. The van der Waals surface area contributed by atoms with E-state index >= 15 is 0 Å². The Kier molecular flexibility index (Phi) is 2.66. The van der Waals surface area contributed by atoms with E-state index in [4.69, 9.17) is 11.0 Å². The number of nitriles is 1. The molecule has 2 aromatic heterocycles. The van der Waals surface area contributed by atoms with Crippen molar-refractivity contribution in [3.8, 4) is 11.9 Å². The first-order valence-corrected chi connectivity index (χ1v) is 5.06. The Bertz CT molecular complexity index is 592. The van der Waals surface area contributed by atoms with Crippen LogP contribution in [0.1, 0.15) is 11.1 Å². The van der Waals surface area contributed by atoms with Gasteiger partial charge in [-0.25, -0.2) is 4.98 Å². The molecule has 0 saturated heterocycles. The van der Waals surface area contributed by atoms with Crippen LogP contribution in [0.2, 0.25) is 0 Å². The van der Waals surface area contributed by atoms with E-state index in [2.05, 4.69) is 15.4 Å². The fourth-order valence-corrected chi connectivity index (χ4v) is 1.53. The molecular formula is C11H12N6. The molecular weight excluding hydrogens is 216 g/mol. The van der Waals surface area contributed by atoms with Crippen molar-refractivity contribution in [3.63, 3.8) is 0 Å². The fourth-order valence-electron chi connectivity index (χ4n) is 1.53. The minimum absolute atomic E-state index is 0.287. The van der Waals surface area contributed by atoms with Gasteiger partial charge in [0.2, 0.25) is 0 Å². The molecule has 2 aromatic rings. The summed E-state index contributed by atoms with van der Waals surface area (Å²) in [5.74, 6) is 1.34. The second-order valence-electron chi connectivity index (χ2n) is 3.57. The van der Waals surface area contributed by atoms with E-state index in [0.717, 1.165) is 5.56 Å². The van der Waals surface area contributed by atoms with Crippen LogP contribution in [0.5, 0.6) is 0 Å². The molecule has 0 aliphatic rings. The minimum Gasteiger partial charge on any atom is -0.382 e. The average molecular weight is 228 g/mol. The quantitative estimate of drug-likeness (QED) is 0.802. The predicted octanol–water partition coefficient (Wildman–Crippen LogP) is 1.07. The second kappa shape index (κ2) is 4.14. The molecule has 0 fully saturated rings. The maximum atomic E-state index is 9.00. The van der Waals surface area contributed by atoms with E-state index in [1.807, 2.05) is 25.1 Å². The Morgan fingerprint density at radius 2 is 2.29 bits per heavy atom. The summed E-state index contributed by atoms with van der Waals surface area (Å²) in [5, 5.41) is 16.0. The Morgan fingerprint density at radius 3 is 2.82 bits per heavy atom. The second-order valence-corrected chi connectivity index (χ2v) is 3.57. The number of nitrogens with one attached hydrogen (secondary N) is 1. The molecule has 0 atom stereocenters. The van der Waals surface area contributed by atoms with E-state index in [9.17, 15) is 0 Å². The van der Waals surface area contributed by atoms with Crippen molar-refractivity contribution in [2.24, 2.45) is 0 Å². The number of hydrogen-bond donors (Lipinski definition) is 2. The summed E-state index contributed by atoms with van der Waals surface area (Å²) in [5.41, 5.74) is 7.25. The summed E-state index contributed by atoms with van der Waals surface area (Å²) in [4.78, 5) is 4.18. The van der Waals surface area contributed by atoms with E-state index < -0.39 is 0 Å². The number of aryl methyl sites for hydroxylation is 1. The molecule has 0 unspecified atom stereocenters. The predicted molar refractivity (Wildman–Crippen MR) is 64.8 cm³/mol. The largest absolute Gasteiger partial charge is 0.382 e. The first kappa shape index (κ1) is 11.0. The number of pyridine rings is 1. The Morgan fingerprint density at radius 1 is 1.53 bits per heavy atom. The third kappa shape index (κ3) is 1.78. The van der Waals surface area contributed by atoms with Gasteiger partial charge in [0.05, 0.1) is 0 Å². The summed E-state index contributed by atoms with van der Waals surface area (Å²) in [6.07, 6.45) is 1.68. The summed E-state index contributed by atoms with van der Waals surface area (Å²) >= 11 is 0. The van der Waals surface area contributed by atoms with Crippen molar-refractivity contribution in [2.45, 2.75) is 6.92 Å². The van der Waals surface area contributed by atoms with Gasteiger partial charge in [0.1, 0.15) is 17.5 Å². The van der Waals surface area contributed by atoms with Crippen molar-refractivity contribution in [1.29, 1.82) is 5.26 Å². The van der Waals surface area contributed by atoms with E-state index in [-0.39, 0.29) is 5.82 Å². The van der Waals surface area contributed by atoms with Crippen LogP contribution < -0.4 is 11.1 Å². The van der Waals surface area contributed by atoms with Crippen LogP contribution in [0.4, 0.5) is 11.6 Å². The molecule has 0 amide bonds. The highest BCUT2D eigenvalue weighted by molar-refractivity contribution is 5.65. The summed E-state index contributed by atoms with van der Waals surface area (Å²) < 4.78 is 1.46. The molecule has 0 aliphatic heterocycles. The van der Waals surface area contributed by atoms with Gasteiger partial charge >= 0.3 is 0 Å². The lowest BCUT2D eigenvalue weighted by Crippen LogP contribution is -2.04. The third-order valence-electron chi connectivity index (χ3n) is 2.39. The molecule has 0 aromatic carbocycles. The van der Waals surface area contributed by atoms with Gasteiger partial charge < -0.3 is 11.1 Å². The molecule has 0 spiro atoms. The van der Waals surface area contributed by atoms with Crippen LogP contribution in [0, 0.1) is 18.3 Å². The van der Waals surface area contributed by atoms with Crippen LogP contribution in [0.15, 0.2) is 18.3 Å². The molecule has 0 bridgehead atoms. The van der Waals surface area contributed by atoms with Crippen molar-refractivity contribution >= 4 is 11.6 Å². The van der Waals surface area contributed by atoms with Crippen molar-refractivity contribution in [2.75, 3.05) is 18.1 Å². The van der Waals surface area contributed by atoms with Crippen molar-refractivity contribution in [1.82, 2.24) is 14.8 Å². The number of hydrogen-bond acceptors (Lipinski definition) is 5. The Balaban J connectivity index is 2.61. The van der Waals surface area contributed by atoms with Crippen LogP contribution >= 0.6 is 0 Å². The van der Waals surface area contributed by atoms with Crippen LogP contribution in [0.3, 0.4) is 0 Å². The highest BCUT2D eigenvalue weighted by Gasteiger charge is 2.15. The maximum Gasteiger partial charge on any atom is 0.168 e. The number of rotatable bonds is 2. The molecule has 6 nitrogen and oxygen atoms in total. The molecule has 0 saturated carbocycles. The van der Waals surface area contributed by atoms with E-state index in [0.29, 0.717) is 17.2 Å². The zero-order valence-electron chi connectivity index (χ0n) is 9.60. The Hall–Kier alpha value is -2.55. The summed E-state index contributed by atoms with van der Waals surface area (Å²) in [6, 6.07) is 5.75. The molecule has 0 aliphatic carbocycles. The standard InChI is InChI=1S/C11H12N6/c1-7-3-4-15-9(5-7)17-10(13)8(6-12)11(14-2)16-17/h3-5H,13H2,1-2H3,(H,14,16). The highest BCUT2D eigenvalue weighted by Crippen LogP contribution is 2.22. The van der Waals surface area contributed by atoms with Crippen molar-refractivity contribution < 1.29 is 0 Å². The molecule has 86 valence electrons. The van der Waals surface area contributed by atoms with Gasteiger partial charge in [0.25, 0.3) is 0 Å². The summed E-state index contributed by atoms with van der Waals surface area (Å²) in [6.45, 7) is 1.95. The number of anilines is 2. The lowest BCUT2D eigenvalue weighted by atomic mass is 10.3. The topological polar surface area (TPSA) is 92.6 Å². The van der Waals surface area contributed by atoms with Gasteiger partial charge in [-0.2, -0.15) is 9.94 Å². The monoisotopic (exact) mass is 228 g/mol. The normalized spacial score (nSPS) is 9.94. The van der Waals surface area contributed by atoms with Gasteiger partial charge in [-0.15, -0.1) is 5.10 Å². The maximum absolute atomic E-state index is 9.00. The van der Waals surface area contributed by atoms with Crippen molar-refractivity contribution in [3.05, 3.63) is 29.5 Å². The average Bonchev–Trinajstić information content (AvgIpc) is 2.65. The van der Waals surface area contributed by atoms with Crippen LogP contribution in [-0.4, -0.2) is 21.8 Å². The van der Waals surface area contributed by atoms with E-state index in [1.54, 1.807) is 13.2 Å². The van der Waals surface area contributed by atoms with E-state index in [1.165, 1.54) is 4.68 Å². The highest BCUT2D eigenvalue weighted by atomic mass is 15.4. The van der Waals surface area contributed by atoms with Gasteiger partial charge in [-0.3, -0.25) is 0 Å². The third-order valence-corrected chi connectivity index (χ3v) is 2.39. The molecule has 17 heavy (non-hydrogen) atoms. The van der Waals surface area contributed by atoms with Gasteiger partial charge in [-0.1, -0.05) is 0 Å². The summed E-state index contributed by atoms with van der Waals surface area (Å²) in [7, 11) is 1.69. The molecule has 3 N–H and O–H groups in total. The molecule has 2 rings (SSSR count). The molecule has 6 heteroatoms. The number of aromatic nitrogens is 3. The molecule has 0 radical (unpaired) electrons. The van der Waals surface area contributed by atoms with Gasteiger partial charge in [-0.05, 0) is 24.6 Å². The zero-order chi connectivity index (χ0) is 12.4. The minimum atomic E-state index is 0.287. The number of nitrogens with two attached hydrogens (primary N) is 1. The first-order chi connectivity index (χ1) is 8.17. The molecule has 2 heterocycles.